The maximum absolute atomic E-state index is 11.4. The Morgan fingerprint density at radius 3 is 2.86 bits per heavy atom. The molecule has 2 aliphatic carbocycles. The van der Waals surface area contributed by atoms with Gasteiger partial charge in [-0.2, -0.15) is 0 Å². The highest BCUT2D eigenvalue weighted by atomic mass is 16.5. The summed E-state index contributed by atoms with van der Waals surface area (Å²) in [6.45, 7) is 0. The fraction of sp³-hybridized carbons (Fsp3) is 0.448. The average molecular weight is 490 g/mol. The zero-order valence-corrected chi connectivity index (χ0v) is 20.9. The Balaban J connectivity index is 1.19. The molecule has 0 radical (unpaired) electrons. The van der Waals surface area contributed by atoms with Crippen molar-refractivity contribution < 1.29 is 19.3 Å². The molecule has 0 bridgehead atoms. The third kappa shape index (κ3) is 5.97. The van der Waals surface area contributed by atoms with Crippen molar-refractivity contribution >= 4 is 10.9 Å². The highest BCUT2D eigenvalue weighted by Crippen LogP contribution is 2.34. The first-order valence-corrected chi connectivity index (χ1v) is 12.9. The van der Waals surface area contributed by atoms with Gasteiger partial charge in [-0.3, -0.25) is 0 Å². The van der Waals surface area contributed by atoms with E-state index in [9.17, 15) is 5.11 Å². The number of rotatable bonds is 9. The van der Waals surface area contributed by atoms with Gasteiger partial charge in [0.15, 0.2) is 5.76 Å². The van der Waals surface area contributed by atoms with Crippen LogP contribution in [0.5, 0.6) is 5.75 Å². The maximum atomic E-state index is 11.4. The first-order valence-electron chi connectivity index (χ1n) is 12.9. The minimum atomic E-state index is -0.688. The average Bonchev–Trinajstić information content (AvgIpc) is 2.93. The highest BCUT2D eigenvalue weighted by Gasteiger charge is 2.34. The lowest BCUT2D eigenvalue weighted by Gasteiger charge is -2.38. The lowest BCUT2D eigenvalue weighted by Crippen LogP contribution is -2.46. The summed E-state index contributed by atoms with van der Waals surface area (Å²) in [6, 6.07) is 6.20. The molecule has 5 rings (SSSR count). The Morgan fingerprint density at radius 1 is 1.22 bits per heavy atom. The molecule has 1 atom stereocenters. The lowest BCUT2D eigenvalue weighted by molar-refractivity contribution is -0.0119. The molecule has 0 amide bonds. The molecule has 2 heterocycles. The number of allylic oxidation sites excluding steroid dienone is 3. The number of benzene rings is 1. The number of aryl methyl sites for hydroxylation is 1. The van der Waals surface area contributed by atoms with Gasteiger partial charge in [-0.25, -0.2) is 9.97 Å². The molecule has 7 heteroatoms. The predicted octanol–water partition coefficient (Wildman–Crippen LogP) is 5.23. The molecular formula is C29H35N3O4. The lowest BCUT2D eigenvalue weighted by atomic mass is 9.78. The number of hydrogen-bond acceptors (Lipinski definition) is 7. The standard InChI is InChI=1S/C29H35N3O4/c1-34-23-7-8-25-24(18-23)26(31-20-30-25)11-14-29(33)12-9-22(10-13-29)32-27(28-19-35-15-16-36-28)17-21-5-3-2-4-6-21/h2-3,5,7-8,15-16,18-20,22,27,32-33H,4,6,9-14,17H2,1H3. The van der Waals surface area contributed by atoms with E-state index in [2.05, 4.69) is 33.5 Å². The van der Waals surface area contributed by atoms with E-state index in [1.165, 1.54) is 5.57 Å². The molecule has 1 aliphatic heterocycles. The smallest absolute Gasteiger partial charge is 0.155 e. The van der Waals surface area contributed by atoms with Gasteiger partial charge in [-0.15, -0.1) is 0 Å². The number of aliphatic hydroxyl groups is 1. The molecule has 1 saturated carbocycles. The number of methoxy groups -OCH3 is 1. The Labute approximate surface area is 212 Å². The maximum Gasteiger partial charge on any atom is 0.155 e. The van der Waals surface area contributed by atoms with Gasteiger partial charge in [0.2, 0.25) is 0 Å². The summed E-state index contributed by atoms with van der Waals surface area (Å²) in [5.41, 5.74) is 2.58. The molecule has 7 nitrogen and oxygen atoms in total. The molecule has 190 valence electrons. The quantitative estimate of drug-likeness (QED) is 0.499. The van der Waals surface area contributed by atoms with Gasteiger partial charge in [0, 0.05) is 11.4 Å². The van der Waals surface area contributed by atoms with Crippen molar-refractivity contribution in [3.8, 4) is 5.75 Å². The van der Waals surface area contributed by atoms with Crippen LogP contribution in [0.1, 0.15) is 57.1 Å². The number of ether oxygens (including phenoxy) is 3. The van der Waals surface area contributed by atoms with Crippen LogP contribution < -0.4 is 10.1 Å². The molecule has 1 fully saturated rings. The van der Waals surface area contributed by atoms with Gasteiger partial charge in [-0.1, -0.05) is 23.8 Å². The highest BCUT2D eigenvalue weighted by molar-refractivity contribution is 5.82. The number of nitrogens with zero attached hydrogens (tertiary/aromatic N) is 2. The van der Waals surface area contributed by atoms with E-state index in [1.54, 1.807) is 32.2 Å². The monoisotopic (exact) mass is 489 g/mol. The fourth-order valence-corrected chi connectivity index (χ4v) is 5.39. The molecule has 0 saturated heterocycles. The van der Waals surface area contributed by atoms with Gasteiger partial charge in [-0.05, 0) is 76.0 Å². The summed E-state index contributed by atoms with van der Waals surface area (Å²) in [4.78, 5) is 8.90. The zero-order chi connectivity index (χ0) is 24.8. The Bertz CT molecular complexity index is 1180. The van der Waals surface area contributed by atoms with E-state index < -0.39 is 5.60 Å². The molecule has 0 spiro atoms. The first kappa shape index (κ1) is 24.5. The van der Waals surface area contributed by atoms with Crippen molar-refractivity contribution in [2.24, 2.45) is 0 Å². The third-order valence-electron chi connectivity index (χ3n) is 7.54. The van der Waals surface area contributed by atoms with E-state index in [4.69, 9.17) is 14.2 Å². The van der Waals surface area contributed by atoms with Gasteiger partial charge < -0.3 is 24.6 Å². The van der Waals surface area contributed by atoms with Crippen molar-refractivity contribution in [3.63, 3.8) is 0 Å². The van der Waals surface area contributed by atoms with Gasteiger partial charge in [0.1, 0.15) is 30.9 Å². The van der Waals surface area contributed by atoms with Crippen LogP contribution in [0.2, 0.25) is 0 Å². The molecule has 2 aromatic rings. The second-order valence-electron chi connectivity index (χ2n) is 9.96. The van der Waals surface area contributed by atoms with Crippen molar-refractivity contribution in [1.82, 2.24) is 15.3 Å². The number of aromatic nitrogens is 2. The van der Waals surface area contributed by atoms with Crippen LogP contribution in [-0.4, -0.2) is 39.9 Å². The second kappa shape index (κ2) is 11.3. The van der Waals surface area contributed by atoms with Gasteiger partial charge in [0.05, 0.1) is 30.0 Å². The molecule has 3 aliphatic rings. The number of hydrogen-bond donors (Lipinski definition) is 2. The van der Waals surface area contributed by atoms with Crippen LogP contribution in [0.3, 0.4) is 0 Å². The van der Waals surface area contributed by atoms with Crippen molar-refractivity contribution in [2.45, 2.75) is 75.5 Å². The molecule has 36 heavy (non-hydrogen) atoms. The van der Waals surface area contributed by atoms with Crippen LogP contribution in [0.25, 0.3) is 10.9 Å². The molecular weight excluding hydrogens is 454 g/mol. The number of fused-ring (bicyclic) bond motifs is 1. The van der Waals surface area contributed by atoms with E-state index >= 15 is 0 Å². The minimum Gasteiger partial charge on any atom is -0.497 e. The summed E-state index contributed by atoms with van der Waals surface area (Å²) in [5.74, 6) is 1.59. The first-order chi connectivity index (χ1) is 17.6. The SMILES string of the molecule is COc1ccc2ncnc(CCC3(O)CCC(NC(CC4=CC=CCC4)C4=COC=CO4)CC3)c2c1. The summed E-state index contributed by atoms with van der Waals surface area (Å²) in [6.07, 6.45) is 20.7. The third-order valence-corrected chi connectivity index (χ3v) is 7.54. The summed E-state index contributed by atoms with van der Waals surface area (Å²) in [7, 11) is 1.66. The van der Waals surface area contributed by atoms with Crippen LogP contribution in [0.15, 0.2) is 72.9 Å². The van der Waals surface area contributed by atoms with Crippen LogP contribution in [-0.2, 0) is 15.9 Å². The van der Waals surface area contributed by atoms with Crippen LogP contribution in [0, 0.1) is 0 Å². The topological polar surface area (TPSA) is 85.7 Å². The van der Waals surface area contributed by atoms with Crippen LogP contribution in [0.4, 0.5) is 0 Å². The minimum absolute atomic E-state index is 0.0475. The fourth-order valence-electron chi connectivity index (χ4n) is 5.39. The Hall–Kier alpha value is -3.16. The van der Waals surface area contributed by atoms with E-state index in [0.29, 0.717) is 18.9 Å². The van der Waals surface area contributed by atoms with Crippen molar-refractivity contribution in [1.29, 1.82) is 0 Å². The predicted molar refractivity (Wildman–Crippen MR) is 139 cm³/mol. The molecule has 2 N–H and O–H groups in total. The van der Waals surface area contributed by atoms with Crippen molar-refractivity contribution in [3.05, 3.63) is 78.6 Å². The Morgan fingerprint density at radius 2 is 2.11 bits per heavy atom. The summed E-state index contributed by atoms with van der Waals surface area (Å²) in [5, 5.41) is 16.2. The van der Waals surface area contributed by atoms with E-state index in [1.807, 2.05) is 18.2 Å². The molecule has 1 aromatic heterocycles. The van der Waals surface area contributed by atoms with Crippen molar-refractivity contribution in [2.75, 3.05) is 7.11 Å². The largest absolute Gasteiger partial charge is 0.497 e. The van der Waals surface area contributed by atoms with Gasteiger partial charge >= 0.3 is 0 Å². The van der Waals surface area contributed by atoms with E-state index in [0.717, 1.165) is 73.1 Å². The second-order valence-corrected chi connectivity index (χ2v) is 9.96. The van der Waals surface area contributed by atoms with Gasteiger partial charge in [0.25, 0.3) is 0 Å². The summed E-state index contributed by atoms with van der Waals surface area (Å²) >= 11 is 0. The summed E-state index contributed by atoms with van der Waals surface area (Å²) < 4.78 is 16.6. The molecule has 1 aromatic carbocycles. The van der Waals surface area contributed by atoms with E-state index in [-0.39, 0.29) is 6.04 Å². The molecule has 1 unspecified atom stereocenters. The van der Waals surface area contributed by atoms with Crippen LogP contribution >= 0.6 is 0 Å². The zero-order valence-electron chi connectivity index (χ0n) is 20.9. The Kier molecular flexibility index (Phi) is 7.68. The number of nitrogens with one attached hydrogen (secondary N) is 1. The normalized spacial score (nSPS) is 24.4.